The zero-order valence-corrected chi connectivity index (χ0v) is 19.9. The van der Waals surface area contributed by atoms with Crippen molar-refractivity contribution in [3.8, 4) is 22.6 Å². The second kappa shape index (κ2) is 13.0. The van der Waals surface area contributed by atoms with Gasteiger partial charge in [-0.2, -0.15) is 0 Å². The van der Waals surface area contributed by atoms with Crippen LogP contribution in [-0.4, -0.2) is 16.6 Å². The summed E-state index contributed by atoms with van der Waals surface area (Å²) in [5.41, 5.74) is 3.89. The third kappa shape index (κ3) is 7.20. The maximum atomic E-state index is 10.5. The highest BCUT2D eigenvalue weighted by Gasteiger charge is 2.11. The van der Waals surface area contributed by atoms with Gasteiger partial charge in [0, 0.05) is 11.6 Å². The zero-order valence-electron chi connectivity index (χ0n) is 19.1. The molecule has 3 aromatic carbocycles. The first-order chi connectivity index (χ1) is 15.7. The minimum absolute atomic E-state index is 0.163. The number of ether oxygens (including phenoxy) is 1. The highest BCUT2D eigenvalue weighted by atomic mass is 32.1. The minimum Gasteiger partial charge on any atom is -0.507 e. The van der Waals surface area contributed by atoms with Gasteiger partial charge >= 0.3 is 0 Å². The molecule has 0 aliphatic rings. The van der Waals surface area contributed by atoms with E-state index in [1.54, 1.807) is 6.07 Å². The summed E-state index contributed by atoms with van der Waals surface area (Å²) in [6.07, 6.45) is 10.2. The standard InChI is InChI=1S/C29H34O2S/c1-2-3-4-5-6-7-8-12-21-31-26-19-20-27(28(30)22-26)29(32)25-17-15-24(16-18-25)23-13-10-9-11-14-23/h9-11,13-20,22,30H,2-8,12,21H2,1H3. The van der Waals surface area contributed by atoms with E-state index >= 15 is 0 Å². The van der Waals surface area contributed by atoms with Crippen molar-refractivity contribution in [2.75, 3.05) is 6.61 Å². The summed E-state index contributed by atoms with van der Waals surface area (Å²) in [5, 5.41) is 10.5. The molecular formula is C29H34O2S. The van der Waals surface area contributed by atoms with Crippen LogP contribution in [0, 0.1) is 0 Å². The van der Waals surface area contributed by atoms with Crippen molar-refractivity contribution < 1.29 is 9.84 Å². The van der Waals surface area contributed by atoms with E-state index in [0.29, 0.717) is 22.8 Å². The van der Waals surface area contributed by atoms with Gasteiger partial charge in [0.25, 0.3) is 0 Å². The van der Waals surface area contributed by atoms with Crippen LogP contribution in [0.25, 0.3) is 11.1 Å². The fourth-order valence-electron chi connectivity index (χ4n) is 3.82. The van der Waals surface area contributed by atoms with Gasteiger partial charge in [-0.1, -0.05) is 119 Å². The molecule has 0 heterocycles. The first-order valence-corrected chi connectivity index (χ1v) is 12.3. The molecule has 0 aliphatic carbocycles. The molecule has 168 valence electrons. The average Bonchev–Trinajstić information content (AvgIpc) is 2.83. The van der Waals surface area contributed by atoms with Crippen molar-refractivity contribution in [2.45, 2.75) is 58.3 Å². The molecule has 0 bridgehead atoms. The lowest BCUT2D eigenvalue weighted by Gasteiger charge is -2.11. The second-order valence-corrected chi connectivity index (χ2v) is 8.68. The third-order valence-corrected chi connectivity index (χ3v) is 6.19. The summed E-state index contributed by atoms with van der Waals surface area (Å²) >= 11 is 5.65. The van der Waals surface area contributed by atoms with Crippen LogP contribution in [0.1, 0.15) is 69.4 Å². The molecule has 3 rings (SSSR count). The fraction of sp³-hybridized carbons (Fsp3) is 0.345. The topological polar surface area (TPSA) is 29.5 Å². The predicted molar refractivity (Wildman–Crippen MR) is 139 cm³/mol. The number of hydrogen-bond acceptors (Lipinski definition) is 3. The number of phenolic OH excluding ortho intramolecular Hbond substituents is 1. The van der Waals surface area contributed by atoms with Crippen molar-refractivity contribution in [3.63, 3.8) is 0 Å². The Balaban J connectivity index is 1.48. The maximum absolute atomic E-state index is 10.5. The molecule has 0 unspecified atom stereocenters. The van der Waals surface area contributed by atoms with Crippen LogP contribution in [-0.2, 0) is 0 Å². The van der Waals surface area contributed by atoms with Gasteiger partial charge in [-0.15, -0.1) is 0 Å². The molecule has 32 heavy (non-hydrogen) atoms. The van der Waals surface area contributed by atoms with Gasteiger partial charge in [0.05, 0.1) is 11.5 Å². The highest BCUT2D eigenvalue weighted by molar-refractivity contribution is 7.81. The van der Waals surface area contributed by atoms with Crippen LogP contribution in [0.4, 0.5) is 0 Å². The first kappa shape index (κ1) is 24.0. The number of aromatic hydroxyl groups is 1. The van der Waals surface area contributed by atoms with Crippen molar-refractivity contribution in [2.24, 2.45) is 0 Å². The molecule has 3 heteroatoms. The quantitative estimate of drug-likeness (QED) is 0.162. The first-order valence-electron chi connectivity index (χ1n) is 11.8. The number of phenols is 1. The minimum atomic E-state index is 0.163. The predicted octanol–water partition coefficient (Wildman–Crippen LogP) is 8.35. The van der Waals surface area contributed by atoms with E-state index in [1.807, 2.05) is 42.5 Å². The van der Waals surface area contributed by atoms with E-state index in [9.17, 15) is 5.11 Å². The lowest BCUT2D eigenvalue weighted by molar-refractivity contribution is 0.302. The van der Waals surface area contributed by atoms with Gasteiger partial charge in [-0.3, -0.25) is 0 Å². The van der Waals surface area contributed by atoms with Crippen LogP contribution in [0.2, 0.25) is 0 Å². The van der Waals surface area contributed by atoms with Crippen molar-refractivity contribution in [3.05, 3.63) is 83.9 Å². The van der Waals surface area contributed by atoms with Crippen LogP contribution in [0.5, 0.6) is 11.5 Å². The molecule has 0 spiro atoms. The van der Waals surface area contributed by atoms with E-state index in [-0.39, 0.29) is 5.75 Å². The molecule has 0 fully saturated rings. The van der Waals surface area contributed by atoms with Crippen molar-refractivity contribution >= 4 is 17.1 Å². The summed E-state index contributed by atoms with van der Waals surface area (Å²) in [5.74, 6) is 0.854. The van der Waals surface area contributed by atoms with Gasteiger partial charge in [-0.05, 0) is 35.2 Å². The summed E-state index contributed by atoms with van der Waals surface area (Å²) in [6.45, 7) is 2.93. The molecule has 1 N–H and O–H groups in total. The summed E-state index contributed by atoms with van der Waals surface area (Å²) in [7, 11) is 0. The van der Waals surface area contributed by atoms with Gasteiger partial charge in [-0.25, -0.2) is 0 Å². The van der Waals surface area contributed by atoms with Gasteiger partial charge in [0.15, 0.2) is 0 Å². The Hall–Kier alpha value is -2.65. The Kier molecular flexibility index (Phi) is 9.77. The molecule has 0 saturated heterocycles. The van der Waals surface area contributed by atoms with Gasteiger partial charge in [0.1, 0.15) is 11.5 Å². The van der Waals surface area contributed by atoms with Crippen LogP contribution in [0.15, 0.2) is 72.8 Å². The third-order valence-electron chi connectivity index (χ3n) is 5.73. The Morgan fingerprint density at radius 2 is 1.38 bits per heavy atom. The zero-order chi connectivity index (χ0) is 22.6. The lowest BCUT2D eigenvalue weighted by atomic mass is 9.99. The van der Waals surface area contributed by atoms with E-state index in [4.69, 9.17) is 17.0 Å². The molecule has 0 amide bonds. The monoisotopic (exact) mass is 446 g/mol. The molecule has 0 radical (unpaired) electrons. The van der Waals surface area contributed by atoms with E-state index in [0.717, 1.165) is 17.5 Å². The van der Waals surface area contributed by atoms with Crippen molar-refractivity contribution in [1.29, 1.82) is 0 Å². The Labute approximate surface area is 198 Å². The molecule has 0 atom stereocenters. The Bertz CT molecular complexity index is 964. The van der Waals surface area contributed by atoms with Gasteiger partial charge in [0.2, 0.25) is 0 Å². The summed E-state index contributed by atoms with van der Waals surface area (Å²) in [4.78, 5) is 0.636. The van der Waals surface area contributed by atoms with Crippen molar-refractivity contribution in [1.82, 2.24) is 0 Å². The van der Waals surface area contributed by atoms with Crippen LogP contribution < -0.4 is 4.74 Å². The van der Waals surface area contributed by atoms with Crippen LogP contribution >= 0.6 is 12.2 Å². The van der Waals surface area contributed by atoms with E-state index in [2.05, 4.69) is 31.2 Å². The SMILES string of the molecule is CCCCCCCCCCOc1ccc(C(=S)c2ccc(-c3ccccc3)cc2)c(O)c1. The molecule has 0 aromatic heterocycles. The number of hydrogen-bond donors (Lipinski definition) is 1. The maximum Gasteiger partial charge on any atom is 0.127 e. The molecule has 0 saturated carbocycles. The largest absolute Gasteiger partial charge is 0.507 e. The normalized spacial score (nSPS) is 10.8. The Morgan fingerprint density at radius 3 is 2.03 bits per heavy atom. The molecule has 2 nitrogen and oxygen atoms in total. The van der Waals surface area contributed by atoms with E-state index in [1.165, 1.54) is 50.5 Å². The van der Waals surface area contributed by atoms with Gasteiger partial charge < -0.3 is 9.84 Å². The number of rotatable bonds is 13. The number of unbranched alkanes of at least 4 members (excludes halogenated alkanes) is 7. The smallest absolute Gasteiger partial charge is 0.127 e. The number of benzene rings is 3. The fourth-order valence-corrected chi connectivity index (χ4v) is 4.13. The van der Waals surface area contributed by atoms with E-state index < -0.39 is 0 Å². The summed E-state index contributed by atoms with van der Waals surface area (Å²) < 4.78 is 5.83. The second-order valence-electron chi connectivity index (χ2n) is 8.27. The number of thiocarbonyl (C=S) groups is 1. The lowest BCUT2D eigenvalue weighted by Crippen LogP contribution is -2.02. The molecule has 3 aromatic rings. The average molecular weight is 447 g/mol. The Morgan fingerprint density at radius 1 is 0.750 bits per heavy atom. The molecular weight excluding hydrogens is 412 g/mol. The van der Waals surface area contributed by atoms with Crippen LogP contribution in [0.3, 0.4) is 0 Å². The summed E-state index contributed by atoms with van der Waals surface area (Å²) in [6, 6.07) is 23.8. The molecule has 0 aliphatic heterocycles. The highest BCUT2D eigenvalue weighted by Crippen LogP contribution is 2.28.